The molecular formula is C59H40. The van der Waals surface area contributed by atoms with E-state index < -0.39 is 0 Å². The number of fused-ring (bicyclic) bond motifs is 9. The summed E-state index contributed by atoms with van der Waals surface area (Å²) >= 11 is 0. The third-order valence-corrected chi connectivity index (χ3v) is 13.2. The van der Waals surface area contributed by atoms with E-state index in [1.54, 1.807) is 0 Å². The first-order chi connectivity index (χ1) is 29.0. The average Bonchev–Trinajstić information content (AvgIpc) is 3.52. The predicted octanol–water partition coefficient (Wildman–Crippen LogP) is 16.4. The second kappa shape index (κ2) is 12.9. The second-order valence-corrected chi connectivity index (χ2v) is 16.8. The second-order valence-electron chi connectivity index (χ2n) is 16.8. The minimum Gasteiger partial charge on any atom is -0.0619 e. The Morgan fingerprint density at radius 2 is 0.780 bits per heavy atom. The Kier molecular flexibility index (Phi) is 7.38. The predicted molar refractivity (Wildman–Crippen MR) is 253 cm³/mol. The lowest BCUT2D eigenvalue weighted by atomic mass is 9.80. The molecule has 11 aromatic carbocycles. The smallest absolute Gasteiger partial charge is 0.0159 e. The summed E-state index contributed by atoms with van der Waals surface area (Å²) in [6.45, 7) is 4.76. The zero-order valence-electron chi connectivity index (χ0n) is 33.1. The molecule has 0 aromatic heterocycles. The first-order valence-corrected chi connectivity index (χ1v) is 20.8. The van der Waals surface area contributed by atoms with Gasteiger partial charge in [0, 0.05) is 5.41 Å². The van der Waals surface area contributed by atoms with Crippen molar-refractivity contribution in [1.82, 2.24) is 0 Å². The lowest BCUT2D eigenvalue weighted by Crippen LogP contribution is -2.14. The Bertz CT molecular complexity index is 3520. The molecule has 0 atom stereocenters. The van der Waals surface area contributed by atoms with Crippen molar-refractivity contribution in [3.8, 4) is 55.6 Å². The van der Waals surface area contributed by atoms with Gasteiger partial charge in [0.05, 0.1) is 0 Å². The molecule has 0 unspecified atom stereocenters. The first-order valence-electron chi connectivity index (χ1n) is 20.8. The highest BCUT2D eigenvalue weighted by Crippen LogP contribution is 2.52. The van der Waals surface area contributed by atoms with E-state index in [-0.39, 0.29) is 5.41 Å². The largest absolute Gasteiger partial charge is 0.0619 e. The Balaban J connectivity index is 1.15. The highest BCUT2D eigenvalue weighted by molar-refractivity contribution is 6.23. The van der Waals surface area contributed by atoms with E-state index in [0.29, 0.717) is 0 Å². The van der Waals surface area contributed by atoms with Gasteiger partial charge in [0.2, 0.25) is 0 Å². The van der Waals surface area contributed by atoms with E-state index in [1.807, 2.05) is 0 Å². The van der Waals surface area contributed by atoms with Gasteiger partial charge in [-0.1, -0.05) is 196 Å². The highest BCUT2D eigenvalue weighted by Gasteiger charge is 2.35. The number of hydrogen-bond acceptors (Lipinski definition) is 0. The van der Waals surface area contributed by atoms with Crippen LogP contribution < -0.4 is 0 Å². The molecule has 0 heterocycles. The molecule has 0 amide bonds. The summed E-state index contributed by atoms with van der Waals surface area (Å²) in [5, 5.41) is 12.7. The first kappa shape index (κ1) is 33.8. The quantitative estimate of drug-likeness (QED) is 0.124. The molecule has 1 aliphatic rings. The summed E-state index contributed by atoms with van der Waals surface area (Å²) in [6.07, 6.45) is 0. The fourth-order valence-electron chi connectivity index (χ4n) is 10.4. The lowest BCUT2D eigenvalue weighted by molar-refractivity contribution is 0.660. The van der Waals surface area contributed by atoms with Gasteiger partial charge in [-0.25, -0.2) is 0 Å². The Hall–Kier alpha value is -7.28. The summed E-state index contributed by atoms with van der Waals surface area (Å²) in [4.78, 5) is 0. The van der Waals surface area contributed by atoms with E-state index in [9.17, 15) is 0 Å². The fourth-order valence-corrected chi connectivity index (χ4v) is 10.4. The maximum absolute atomic E-state index is 2.49. The molecule has 0 bridgehead atoms. The van der Waals surface area contributed by atoms with Gasteiger partial charge in [0.1, 0.15) is 0 Å². The van der Waals surface area contributed by atoms with Crippen LogP contribution in [0, 0.1) is 0 Å². The molecule has 59 heavy (non-hydrogen) atoms. The summed E-state index contributed by atoms with van der Waals surface area (Å²) in [5.74, 6) is 0. The summed E-state index contributed by atoms with van der Waals surface area (Å²) in [5.41, 5.74) is 15.4. The maximum Gasteiger partial charge on any atom is 0.0159 e. The van der Waals surface area contributed by atoms with Crippen LogP contribution in [-0.4, -0.2) is 0 Å². The number of rotatable bonds is 4. The molecular weight excluding hydrogens is 709 g/mol. The fraction of sp³-hybridized carbons (Fsp3) is 0.0508. The molecule has 1 aliphatic carbocycles. The molecule has 276 valence electrons. The lowest BCUT2D eigenvalue weighted by Gasteiger charge is -2.23. The van der Waals surface area contributed by atoms with Crippen molar-refractivity contribution in [3.63, 3.8) is 0 Å². The van der Waals surface area contributed by atoms with Crippen LogP contribution >= 0.6 is 0 Å². The zero-order chi connectivity index (χ0) is 39.2. The van der Waals surface area contributed by atoms with Gasteiger partial charge in [-0.15, -0.1) is 0 Å². The molecule has 0 aliphatic heterocycles. The molecule has 12 rings (SSSR count). The van der Waals surface area contributed by atoms with Crippen molar-refractivity contribution in [3.05, 3.63) is 217 Å². The third kappa shape index (κ3) is 5.09. The topological polar surface area (TPSA) is 0 Å². The van der Waals surface area contributed by atoms with E-state index in [4.69, 9.17) is 0 Å². The van der Waals surface area contributed by atoms with Gasteiger partial charge in [-0.3, -0.25) is 0 Å². The SMILES string of the molecule is CC1(C)c2ccccc2-c2ccc(-c3c4ccccc4c(-c4cccc(-c5cc6ccccc6c6ccccc56)c4)c4ccc(-c5cccc6ccccc56)cc34)cc21. The van der Waals surface area contributed by atoms with Crippen LogP contribution in [0.2, 0.25) is 0 Å². The van der Waals surface area contributed by atoms with E-state index >= 15 is 0 Å². The Morgan fingerprint density at radius 3 is 1.61 bits per heavy atom. The van der Waals surface area contributed by atoms with Crippen molar-refractivity contribution in [2.24, 2.45) is 0 Å². The van der Waals surface area contributed by atoms with Crippen LogP contribution in [0.3, 0.4) is 0 Å². The molecule has 0 saturated carbocycles. The minimum atomic E-state index is -0.102. The number of hydrogen-bond donors (Lipinski definition) is 0. The summed E-state index contributed by atoms with van der Waals surface area (Å²) < 4.78 is 0. The van der Waals surface area contributed by atoms with Gasteiger partial charge >= 0.3 is 0 Å². The van der Waals surface area contributed by atoms with Crippen LogP contribution in [0.4, 0.5) is 0 Å². The molecule has 0 radical (unpaired) electrons. The molecule has 0 fully saturated rings. The van der Waals surface area contributed by atoms with Crippen molar-refractivity contribution in [1.29, 1.82) is 0 Å². The van der Waals surface area contributed by atoms with Crippen molar-refractivity contribution >= 4 is 53.9 Å². The molecule has 0 heteroatoms. The monoisotopic (exact) mass is 748 g/mol. The van der Waals surface area contributed by atoms with Crippen molar-refractivity contribution in [2.75, 3.05) is 0 Å². The molecule has 11 aromatic rings. The highest BCUT2D eigenvalue weighted by atomic mass is 14.4. The Morgan fingerprint density at radius 1 is 0.254 bits per heavy atom. The van der Waals surface area contributed by atoms with Crippen LogP contribution in [0.25, 0.3) is 109 Å². The average molecular weight is 749 g/mol. The van der Waals surface area contributed by atoms with E-state index in [0.717, 1.165) is 0 Å². The van der Waals surface area contributed by atoms with Gasteiger partial charge < -0.3 is 0 Å². The molecule has 0 saturated heterocycles. The van der Waals surface area contributed by atoms with Crippen LogP contribution in [0.15, 0.2) is 206 Å². The van der Waals surface area contributed by atoms with Gasteiger partial charge in [0.25, 0.3) is 0 Å². The van der Waals surface area contributed by atoms with E-state index in [1.165, 1.54) is 121 Å². The standard InChI is InChI=1S/C59H40/c1-59(2)55-28-12-11-24-48(55)49-31-30-42(36-56(49)59)58-51-26-10-9-25-50(51)57(52-32-29-40(35-54(52)58)44-27-14-17-37-15-3-5-20-43(37)44)41-19-13-18-38(33-41)53-34-39-16-4-6-21-45(39)46-22-7-8-23-47(46)53/h3-36H,1-2H3. The normalized spacial score (nSPS) is 13.1. The molecule has 0 nitrogen and oxygen atoms in total. The Labute approximate surface area is 344 Å². The zero-order valence-corrected chi connectivity index (χ0v) is 33.1. The van der Waals surface area contributed by atoms with Crippen LogP contribution in [-0.2, 0) is 5.41 Å². The van der Waals surface area contributed by atoms with Crippen LogP contribution in [0.1, 0.15) is 25.0 Å². The maximum atomic E-state index is 2.49. The summed E-state index contributed by atoms with van der Waals surface area (Å²) in [7, 11) is 0. The van der Waals surface area contributed by atoms with Gasteiger partial charge in [-0.2, -0.15) is 0 Å². The third-order valence-electron chi connectivity index (χ3n) is 13.2. The molecule has 0 N–H and O–H groups in total. The van der Waals surface area contributed by atoms with E-state index in [2.05, 4.69) is 220 Å². The van der Waals surface area contributed by atoms with Crippen LogP contribution in [0.5, 0.6) is 0 Å². The minimum absolute atomic E-state index is 0.102. The van der Waals surface area contributed by atoms with Gasteiger partial charge in [-0.05, 0) is 145 Å². The summed E-state index contributed by atoms with van der Waals surface area (Å²) in [6, 6.07) is 77.1. The molecule has 0 spiro atoms. The number of benzene rings is 11. The van der Waals surface area contributed by atoms with Gasteiger partial charge in [0.15, 0.2) is 0 Å². The van der Waals surface area contributed by atoms with Crippen molar-refractivity contribution < 1.29 is 0 Å². The van der Waals surface area contributed by atoms with Crippen molar-refractivity contribution in [2.45, 2.75) is 19.3 Å².